The number of nitrogens with zero attached hydrogens (tertiary/aromatic N) is 1. The maximum atomic E-state index is 12.6. The predicted molar refractivity (Wildman–Crippen MR) is 90.7 cm³/mol. The lowest BCUT2D eigenvalue weighted by molar-refractivity contribution is -0.123. The molecule has 1 amide bonds. The van der Waals surface area contributed by atoms with Crippen molar-refractivity contribution in [3.8, 4) is 0 Å². The Morgan fingerprint density at radius 1 is 1.17 bits per heavy atom. The Morgan fingerprint density at radius 2 is 2.04 bits per heavy atom. The third-order valence-electron chi connectivity index (χ3n) is 6.75. The van der Waals surface area contributed by atoms with Crippen LogP contribution in [-0.2, 0) is 4.79 Å². The Hall–Kier alpha value is -0.650. The molecule has 3 aliphatic heterocycles. The summed E-state index contributed by atoms with van der Waals surface area (Å²) in [6.45, 7) is 4.23. The monoisotopic (exact) mass is 320 g/mol. The fourth-order valence-corrected chi connectivity index (χ4v) is 5.49. The Bertz CT molecular complexity index is 443. The van der Waals surface area contributed by atoms with E-state index in [-0.39, 0.29) is 11.9 Å². The smallest absolute Gasteiger partial charge is 0.237 e. The van der Waals surface area contributed by atoms with Gasteiger partial charge in [-0.05, 0) is 50.4 Å². The van der Waals surface area contributed by atoms with Gasteiger partial charge in [0.2, 0.25) is 5.91 Å². The maximum Gasteiger partial charge on any atom is 0.237 e. The number of hydrazine groups is 1. The number of piperidine rings is 1. The van der Waals surface area contributed by atoms with E-state index in [1.165, 1.54) is 44.9 Å². The second-order valence-corrected chi connectivity index (χ2v) is 8.24. The van der Waals surface area contributed by atoms with Crippen molar-refractivity contribution in [2.75, 3.05) is 13.1 Å². The molecular formula is C18H32N4O. The van der Waals surface area contributed by atoms with Gasteiger partial charge in [0.25, 0.3) is 0 Å². The number of fused-ring (bicyclic) bond motifs is 2. The Kier molecular flexibility index (Phi) is 4.61. The minimum atomic E-state index is 0.0384. The van der Waals surface area contributed by atoms with Crippen molar-refractivity contribution in [2.24, 2.45) is 11.8 Å². The van der Waals surface area contributed by atoms with E-state index < -0.39 is 0 Å². The van der Waals surface area contributed by atoms with Crippen LogP contribution in [-0.4, -0.2) is 48.2 Å². The highest BCUT2D eigenvalue weighted by Crippen LogP contribution is 2.36. The number of carbonyl (C=O) groups is 1. The van der Waals surface area contributed by atoms with Crippen LogP contribution in [0.4, 0.5) is 0 Å². The van der Waals surface area contributed by atoms with Crippen molar-refractivity contribution in [3.05, 3.63) is 0 Å². The lowest BCUT2D eigenvalue weighted by Gasteiger charge is -2.37. The third-order valence-corrected chi connectivity index (χ3v) is 6.75. The van der Waals surface area contributed by atoms with Gasteiger partial charge < -0.3 is 10.6 Å². The summed E-state index contributed by atoms with van der Waals surface area (Å²) in [7, 11) is 0. The average molecular weight is 320 g/mol. The molecule has 0 radical (unpaired) electrons. The van der Waals surface area contributed by atoms with E-state index in [1.54, 1.807) is 0 Å². The first-order valence-corrected chi connectivity index (χ1v) is 9.78. The van der Waals surface area contributed by atoms with Crippen LogP contribution in [0.2, 0.25) is 0 Å². The largest absolute Gasteiger partial charge is 0.353 e. The molecule has 4 aliphatic rings. The fraction of sp³-hybridized carbons (Fsp3) is 0.944. The second-order valence-electron chi connectivity index (χ2n) is 8.24. The van der Waals surface area contributed by atoms with E-state index in [2.05, 4.69) is 28.0 Å². The number of hydrogen-bond donors (Lipinski definition) is 3. The van der Waals surface area contributed by atoms with E-state index in [0.717, 1.165) is 25.4 Å². The summed E-state index contributed by atoms with van der Waals surface area (Å²) in [6.07, 6.45) is 10.1. The molecule has 1 aliphatic carbocycles. The Morgan fingerprint density at radius 3 is 2.91 bits per heavy atom. The molecule has 0 bridgehead atoms. The summed E-state index contributed by atoms with van der Waals surface area (Å²) in [4.78, 5) is 12.6. The highest BCUT2D eigenvalue weighted by molar-refractivity contribution is 5.82. The van der Waals surface area contributed by atoms with Crippen molar-refractivity contribution < 1.29 is 4.79 Å². The van der Waals surface area contributed by atoms with Gasteiger partial charge in [0, 0.05) is 31.2 Å². The van der Waals surface area contributed by atoms with Crippen LogP contribution in [0.5, 0.6) is 0 Å². The molecule has 23 heavy (non-hydrogen) atoms. The van der Waals surface area contributed by atoms with Gasteiger partial charge in [-0.15, -0.1) is 0 Å². The van der Waals surface area contributed by atoms with Crippen LogP contribution in [0.1, 0.15) is 58.3 Å². The molecule has 4 fully saturated rings. The van der Waals surface area contributed by atoms with Crippen molar-refractivity contribution in [3.63, 3.8) is 0 Å². The van der Waals surface area contributed by atoms with Crippen LogP contribution >= 0.6 is 0 Å². The first-order valence-electron chi connectivity index (χ1n) is 9.78. The molecule has 3 heterocycles. The SMILES string of the molecule is CC1CCCC2CC(C(=O)NCC3CCCC4CCNN43)NC12. The minimum absolute atomic E-state index is 0.0384. The minimum Gasteiger partial charge on any atom is -0.353 e. The van der Waals surface area contributed by atoms with Gasteiger partial charge in [-0.25, -0.2) is 5.01 Å². The summed E-state index contributed by atoms with van der Waals surface area (Å²) >= 11 is 0. The van der Waals surface area contributed by atoms with Crippen LogP contribution < -0.4 is 16.1 Å². The topological polar surface area (TPSA) is 56.4 Å². The summed E-state index contributed by atoms with van der Waals surface area (Å²) in [5.41, 5.74) is 3.51. The lowest BCUT2D eigenvalue weighted by Crippen LogP contribution is -2.54. The molecule has 5 heteroatoms. The van der Waals surface area contributed by atoms with Crippen LogP contribution in [0.3, 0.4) is 0 Å². The van der Waals surface area contributed by atoms with Crippen molar-refractivity contribution in [1.29, 1.82) is 0 Å². The number of carbonyl (C=O) groups excluding carboxylic acids is 1. The highest BCUT2D eigenvalue weighted by atomic mass is 16.2. The molecule has 4 rings (SSSR count). The summed E-state index contributed by atoms with van der Waals surface area (Å²) in [5.74, 6) is 1.67. The van der Waals surface area contributed by atoms with E-state index in [1.807, 2.05) is 0 Å². The lowest BCUT2D eigenvalue weighted by atomic mass is 9.78. The molecule has 3 N–H and O–H groups in total. The molecule has 0 aromatic carbocycles. The number of nitrogens with one attached hydrogen (secondary N) is 3. The molecule has 6 atom stereocenters. The molecule has 1 saturated carbocycles. The third kappa shape index (κ3) is 3.15. The Labute approximate surface area is 139 Å². The number of rotatable bonds is 3. The van der Waals surface area contributed by atoms with Crippen molar-refractivity contribution in [2.45, 2.75) is 82.5 Å². The molecule has 6 unspecified atom stereocenters. The first-order chi connectivity index (χ1) is 11.2. The standard InChI is InChI=1S/C18H32N4O/c1-12-4-2-5-13-10-16(21-17(12)13)18(23)19-11-15-7-3-6-14-8-9-20-22(14)15/h12-17,20-21H,2-11H2,1H3,(H,19,23). The molecule has 130 valence electrons. The molecule has 0 aromatic heterocycles. The number of hydrogen-bond acceptors (Lipinski definition) is 4. The first kappa shape index (κ1) is 15.9. The van der Waals surface area contributed by atoms with Gasteiger partial charge in [-0.2, -0.15) is 0 Å². The average Bonchev–Trinajstić information content (AvgIpc) is 3.19. The van der Waals surface area contributed by atoms with Crippen LogP contribution in [0.15, 0.2) is 0 Å². The van der Waals surface area contributed by atoms with Gasteiger partial charge in [0.15, 0.2) is 0 Å². The summed E-state index contributed by atoms with van der Waals surface area (Å²) in [6, 6.07) is 1.78. The fourth-order valence-electron chi connectivity index (χ4n) is 5.49. The van der Waals surface area contributed by atoms with Gasteiger partial charge in [-0.1, -0.05) is 19.8 Å². The normalized spacial score (nSPS) is 43.9. The van der Waals surface area contributed by atoms with E-state index in [9.17, 15) is 4.79 Å². The molecular weight excluding hydrogens is 288 g/mol. The van der Waals surface area contributed by atoms with Crippen molar-refractivity contribution >= 4 is 5.91 Å². The zero-order valence-electron chi connectivity index (χ0n) is 14.4. The van der Waals surface area contributed by atoms with E-state index >= 15 is 0 Å². The highest BCUT2D eigenvalue weighted by Gasteiger charge is 2.41. The van der Waals surface area contributed by atoms with Gasteiger partial charge in [-0.3, -0.25) is 10.2 Å². The Balaban J connectivity index is 1.29. The van der Waals surface area contributed by atoms with Gasteiger partial charge >= 0.3 is 0 Å². The quantitative estimate of drug-likeness (QED) is 0.736. The zero-order valence-corrected chi connectivity index (χ0v) is 14.4. The van der Waals surface area contributed by atoms with Crippen molar-refractivity contribution in [1.82, 2.24) is 21.1 Å². The summed E-state index contributed by atoms with van der Waals surface area (Å²) in [5, 5.41) is 9.31. The molecule has 5 nitrogen and oxygen atoms in total. The number of amides is 1. The summed E-state index contributed by atoms with van der Waals surface area (Å²) < 4.78 is 0. The van der Waals surface area contributed by atoms with Gasteiger partial charge in [0.05, 0.1) is 6.04 Å². The predicted octanol–water partition coefficient (Wildman–Crippen LogP) is 1.40. The second kappa shape index (κ2) is 6.69. The van der Waals surface area contributed by atoms with Gasteiger partial charge in [0.1, 0.15) is 0 Å². The van der Waals surface area contributed by atoms with E-state index in [4.69, 9.17) is 0 Å². The van der Waals surface area contributed by atoms with Crippen LogP contribution in [0, 0.1) is 11.8 Å². The zero-order chi connectivity index (χ0) is 15.8. The van der Waals surface area contributed by atoms with Crippen LogP contribution in [0.25, 0.3) is 0 Å². The van der Waals surface area contributed by atoms with E-state index in [0.29, 0.717) is 24.0 Å². The molecule has 3 saturated heterocycles. The maximum absolute atomic E-state index is 12.6. The molecule has 0 aromatic rings. The molecule has 0 spiro atoms.